The van der Waals surface area contributed by atoms with Crippen molar-refractivity contribution >= 4 is 11.4 Å². The lowest BCUT2D eigenvalue weighted by Gasteiger charge is -1.98. The molecule has 5 nitrogen and oxygen atoms in total. The van der Waals surface area contributed by atoms with Crippen molar-refractivity contribution in [2.24, 2.45) is 0 Å². The molecule has 0 saturated carbocycles. The molecule has 0 amide bonds. The number of anilines is 1. The Balaban J connectivity index is 3.12. The predicted octanol–water partition coefficient (Wildman–Crippen LogP) is 1.08. The second-order valence-corrected chi connectivity index (χ2v) is 2.20. The first-order valence-electron chi connectivity index (χ1n) is 3.25. The number of methoxy groups -OCH3 is 1. The molecule has 0 radical (unpaired) electrons. The van der Waals surface area contributed by atoms with E-state index in [4.69, 9.17) is 15.7 Å². The van der Waals surface area contributed by atoms with Crippen LogP contribution in [0.4, 0.5) is 11.4 Å². The van der Waals surface area contributed by atoms with Crippen LogP contribution in [0.25, 0.3) is 0 Å². The smallest absolute Gasteiger partial charge is 0.339 e. The highest BCUT2D eigenvalue weighted by Gasteiger charge is 2.16. The highest BCUT2D eigenvalue weighted by Crippen LogP contribution is 2.24. The minimum atomic E-state index is -0.283. The van der Waals surface area contributed by atoms with Crippen LogP contribution in [0.2, 0.25) is 0 Å². The molecule has 0 bridgehead atoms. The topological polar surface area (TPSA) is 75.6 Å². The molecule has 12 heavy (non-hydrogen) atoms. The van der Waals surface area contributed by atoms with Gasteiger partial charge in [-0.2, -0.15) is 0 Å². The zero-order valence-electron chi connectivity index (χ0n) is 6.52. The molecule has 0 fully saturated rings. The Kier molecular flexibility index (Phi) is 2.14. The molecule has 64 valence electrons. The van der Waals surface area contributed by atoms with Crippen LogP contribution in [-0.2, 0) is 0 Å². The quantitative estimate of drug-likeness (QED) is 0.513. The van der Waals surface area contributed by atoms with Crippen molar-refractivity contribution in [1.82, 2.24) is 0 Å². The van der Waals surface area contributed by atoms with E-state index in [9.17, 15) is 4.91 Å². The van der Waals surface area contributed by atoms with E-state index < -0.39 is 0 Å². The van der Waals surface area contributed by atoms with Crippen molar-refractivity contribution in [2.45, 2.75) is 0 Å². The molecule has 0 aliphatic carbocycles. The summed E-state index contributed by atoms with van der Waals surface area (Å²) < 4.78 is 4.85. The third kappa shape index (κ3) is 1.45. The van der Waals surface area contributed by atoms with Crippen LogP contribution in [0.3, 0.4) is 0 Å². The van der Waals surface area contributed by atoms with E-state index in [0.29, 0.717) is 5.75 Å². The molecule has 3 N–H and O–H groups in total. The molecule has 1 aromatic carbocycles. The van der Waals surface area contributed by atoms with E-state index >= 15 is 0 Å². The minimum absolute atomic E-state index is 0.0100. The lowest BCUT2D eigenvalue weighted by molar-refractivity contribution is -0.729. The van der Waals surface area contributed by atoms with Gasteiger partial charge in [-0.15, -0.1) is 0 Å². The molecule has 0 aliphatic rings. The normalized spacial score (nSPS) is 9.42. The summed E-state index contributed by atoms with van der Waals surface area (Å²) in [7, 11) is 1.49. The summed E-state index contributed by atoms with van der Waals surface area (Å²) in [5.74, 6) is 0.540. The molecule has 1 rings (SSSR count). The Morgan fingerprint density at radius 2 is 2.25 bits per heavy atom. The predicted molar refractivity (Wildman–Crippen MR) is 42.5 cm³/mol. The van der Waals surface area contributed by atoms with Gasteiger partial charge >= 0.3 is 5.69 Å². The van der Waals surface area contributed by atoms with E-state index in [1.54, 1.807) is 0 Å². The maximum atomic E-state index is 10.4. The van der Waals surface area contributed by atoms with Gasteiger partial charge in [-0.1, -0.05) is 0 Å². The van der Waals surface area contributed by atoms with E-state index in [0.717, 1.165) is 0 Å². The molecule has 0 atom stereocenters. The average Bonchev–Trinajstić information content (AvgIpc) is 2.03. The van der Waals surface area contributed by atoms with Crippen molar-refractivity contribution in [1.29, 1.82) is 0 Å². The molecule has 0 aromatic heterocycles. The third-order valence-electron chi connectivity index (χ3n) is 1.44. The number of nitrogens with zero attached hydrogens (tertiary/aromatic N) is 1. The van der Waals surface area contributed by atoms with Crippen molar-refractivity contribution in [3.8, 4) is 5.75 Å². The van der Waals surface area contributed by atoms with Gasteiger partial charge in [0.25, 0.3) is 4.92 Å². The van der Waals surface area contributed by atoms with Crippen LogP contribution >= 0.6 is 0 Å². The Labute approximate surface area is 68.9 Å². The van der Waals surface area contributed by atoms with Gasteiger partial charge in [0.15, 0.2) is 0 Å². The number of nitrogens with two attached hydrogens (primary N) is 1. The number of hydrogen-bond acceptors (Lipinski definition) is 3. The van der Waals surface area contributed by atoms with Gasteiger partial charge < -0.3 is 10.5 Å². The van der Waals surface area contributed by atoms with Crippen LogP contribution in [-0.4, -0.2) is 17.2 Å². The highest BCUT2D eigenvalue weighted by atomic mass is 16.6. The average molecular weight is 169 g/mol. The second-order valence-electron chi connectivity index (χ2n) is 2.20. The first kappa shape index (κ1) is 8.32. The maximum Gasteiger partial charge on any atom is 0.339 e. The van der Waals surface area contributed by atoms with E-state index in [1.165, 1.54) is 25.3 Å². The summed E-state index contributed by atoms with van der Waals surface area (Å²) in [6, 6.07) is 4.37. The largest absolute Gasteiger partial charge is 0.497 e. The van der Waals surface area contributed by atoms with E-state index in [1.807, 2.05) is 0 Å². The summed E-state index contributed by atoms with van der Waals surface area (Å²) in [5, 5.41) is 8.53. The number of nitrogen functional groups attached to an aromatic ring is 1. The summed E-state index contributed by atoms with van der Waals surface area (Å²) in [5.41, 5.74) is 5.60. The molecular weight excluding hydrogens is 160 g/mol. The first-order valence-corrected chi connectivity index (χ1v) is 3.25. The Hall–Kier alpha value is -1.78. The number of benzene rings is 1. The number of hydrogen-bond donors (Lipinski definition) is 2. The van der Waals surface area contributed by atoms with E-state index in [2.05, 4.69) is 0 Å². The molecule has 0 aliphatic heterocycles. The summed E-state index contributed by atoms with van der Waals surface area (Å²) >= 11 is 0. The zero-order valence-corrected chi connectivity index (χ0v) is 6.52. The van der Waals surface area contributed by atoms with Gasteiger partial charge in [0.2, 0.25) is 0 Å². The molecular formula is C7H9N2O3+. The molecule has 5 heteroatoms. The van der Waals surface area contributed by atoms with Crippen molar-refractivity contribution in [3.63, 3.8) is 0 Å². The van der Waals surface area contributed by atoms with Gasteiger partial charge in [0, 0.05) is 12.1 Å². The Morgan fingerprint density at radius 1 is 1.58 bits per heavy atom. The van der Waals surface area contributed by atoms with Crippen LogP contribution in [0, 0.1) is 4.91 Å². The molecule has 0 unspecified atom stereocenters. The summed E-state index contributed by atoms with van der Waals surface area (Å²) in [6.07, 6.45) is 0. The van der Waals surface area contributed by atoms with Crippen molar-refractivity contribution < 1.29 is 14.9 Å². The SMILES string of the molecule is COc1ccc([N+](=O)O)c(N)c1. The molecule has 1 aromatic rings. The van der Waals surface area contributed by atoms with Gasteiger partial charge in [-0.3, -0.25) is 0 Å². The first-order chi connectivity index (χ1) is 5.65. The second kappa shape index (κ2) is 3.08. The van der Waals surface area contributed by atoms with Crippen LogP contribution < -0.4 is 10.5 Å². The van der Waals surface area contributed by atoms with Gasteiger partial charge in [-0.05, 0) is 6.07 Å². The zero-order chi connectivity index (χ0) is 9.14. The summed E-state index contributed by atoms with van der Waals surface area (Å²) in [6.45, 7) is 0. The van der Waals surface area contributed by atoms with Gasteiger partial charge in [-0.25, -0.2) is 5.21 Å². The van der Waals surface area contributed by atoms with Crippen LogP contribution in [0.5, 0.6) is 5.75 Å². The lowest BCUT2D eigenvalue weighted by atomic mass is 10.2. The Bertz CT molecular complexity index is 312. The fourth-order valence-electron chi connectivity index (χ4n) is 0.834. The number of ether oxygens (including phenoxy) is 1. The Morgan fingerprint density at radius 3 is 2.67 bits per heavy atom. The molecule has 0 saturated heterocycles. The van der Waals surface area contributed by atoms with Crippen molar-refractivity contribution in [2.75, 3.05) is 12.8 Å². The van der Waals surface area contributed by atoms with Gasteiger partial charge in [0.05, 0.1) is 12.0 Å². The number of rotatable bonds is 2. The van der Waals surface area contributed by atoms with E-state index in [-0.39, 0.29) is 16.3 Å². The minimum Gasteiger partial charge on any atom is -0.497 e. The maximum absolute atomic E-state index is 10.4. The lowest BCUT2D eigenvalue weighted by Crippen LogP contribution is -1.97. The van der Waals surface area contributed by atoms with Crippen LogP contribution in [0.1, 0.15) is 0 Å². The molecule has 0 spiro atoms. The standard InChI is InChI=1S/C7H9N2O3/c1-12-5-2-3-7(9(10)11)6(8)4-5/h2-4H,8H2,1H3,(H,10,11)/q+1. The third-order valence-corrected chi connectivity index (χ3v) is 1.44. The highest BCUT2D eigenvalue weighted by molar-refractivity contribution is 5.60. The molecule has 0 heterocycles. The van der Waals surface area contributed by atoms with Crippen LogP contribution in [0.15, 0.2) is 18.2 Å². The fourth-order valence-corrected chi connectivity index (χ4v) is 0.834. The monoisotopic (exact) mass is 169 g/mol. The summed E-state index contributed by atoms with van der Waals surface area (Å²) in [4.78, 5) is 10.1. The van der Waals surface area contributed by atoms with Crippen molar-refractivity contribution in [3.05, 3.63) is 23.1 Å². The van der Waals surface area contributed by atoms with Gasteiger partial charge in [0.1, 0.15) is 11.4 Å². The fraction of sp³-hybridized carbons (Fsp3) is 0.143.